The van der Waals surface area contributed by atoms with Gasteiger partial charge in [-0.3, -0.25) is 0 Å². The first-order valence-corrected chi connectivity index (χ1v) is 13.8. The van der Waals surface area contributed by atoms with E-state index in [2.05, 4.69) is 89.5 Å². The highest BCUT2D eigenvalue weighted by Crippen LogP contribution is 2.30. The Hall–Kier alpha value is -5.28. The van der Waals surface area contributed by atoms with E-state index >= 15 is 0 Å². The van der Waals surface area contributed by atoms with Crippen molar-refractivity contribution in [2.24, 2.45) is 0 Å². The molecule has 1 aromatic heterocycles. The maximum atomic E-state index is 12.8. The fraction of sp³-hybridized carbons (Fsp3) is 0.0526. The number of esters is 1. The zero-order valence-corrected chi connectivity index (χ0v) is 22.7. The molecular formula is C38H30NO2+. The average Bonchev–Trinajstić information content (AvgIpc) is 3.06. The third-order valence-electron chi connectivity index (χ3n) is 7.14. The van der Waals surface area contributed by atoms with Crippen molar-refractivity contribution in [1.82, 2.24) is 0 Å². The van der Waals surface area contributed by atoms with Crippen LogP contribution in [0.3, 0.4) is 0 Å². The molecule has 0 aliphatic heterocycles. The standard InChI is InChI=1S/C38H30NO2/c40-38(41-26-25-29-13-5-1-6-14-29)33-21-23-35(24-22-33)39-36(31-17-9-3-10-18-31)27-34(30-15-7-2-8-16-30)28-37(39)32-19-11-4-12-20-32/h1-24,27-28H,25-26H2/q+1. The molecule has 0 atom stereocenters. The summed E-state index contributed by atoms with van der Waals surface area (Å²) in [5, 5.41) is 0. The molecule has 0 saturated carbocycles. The van der Waals surface area contributed by atoms with Crippen molar-refractivity contribution in [3.63, 3.8) is 0 Å². The lowest BCUT2D eigenvalue weighted by Gasteiger charge is -2.13. The minimum absolute atomic E-state index is 0.316. The smallest absolute Gasteiger partial charge is 0.338 e. The van der Waals surface area contributed by atoms with Gasteiger partial charge in [-0.25, -0.2) is 4.79 Å². The van der Waals surface area contributed by atoms with Crippen molar-refractivity contribution in [2.75, 3.05) is 6.61 Å². The summed E-state index contributed by atoms with van der Waals surface area (Å²) in [6.07, 6.45) is 0.690. The Morgan fingerprint density at radius 2 is 0.976 bits per heavy atom. The number of nitrogens with zero attached hydrogens (tertiary/aromatic N) is 1. The maximum absolute atomic E-state index is 12.8. The number of hydrogen-bond acceptors (Lipinski definition) is 2. The summed E-state index contributed by atoms with van der Waals surface area (Å²) < 4.78 is 7.85. The molecule has 0 bridgehead atoms. The second kappa shape index (κ2) is 12.3. The Labute approximate surface area is 241 Å². The lowest BCUT2D eigenvalue weighted by atomic mass is 9.98. The van der Waals surface area contributed by atoms with Gasteiger partial charge in [0.15, 0.2) is 0 Å². The molecule has 5 aromatic carbocycles. The van der Waals surface area contributed by atoms with Crippen molar-refractivity contribution < 1.29 is 14.1 Å². The Morgan fingerprint density at radius 3 is 1.49 bits per heavy atom. The van der Waals surface area contributed by atoms with Crippen LogP contribution in [0.5, 0.6) is 0 Å². The molecule has 0 fully saturated rings. The van der Waals surface area contributed by atoms with Crippen LogP contribution in [0.25, 0.3) is 39.3 Å². The van der Waals surface area contributed by atoms with E-state index in [1.54, 1.807) is 0 Å². The minimum atomic E-state index is -0.316. The van der Waals surface area contributed by atoms with E-state index in [0.29, 0.717) is 18.6 Å². The van der Waals surface area contributed by atoms with Gasteiger partial charge in [0.25, 0.3) is 0 Å². The molecule has 0 spiro atoms. The molecular weight excluding hydrogens is 502 g/mol. The van der Waals surface area contributed by atoms with Gasteiger partial charge in [-0.1, -0.05) is 97.1 Å². The van der Waals surface area contributed by atoms with E-state index in [1.807, 2.05) is 72.8 Å². The molecule has 0 amide bonds. The number of hydrogen-bond donors (Lipinski definition) is 0. The quantitative estimate of drug-likeness (QED) is 0.146. The van der Waals surface area contributed by atoms with Gasteiger partial charge in [-0.15, -0.1) is 0 Å². The summed E-state index contributed by atoms with van der Waals surface area (Å²) in [4.78, 5) is 12.8. The molecule has 0 aliphatic rings. The van der Waals surface area contributed by atoms with E-state index in [9.17, 15) is 4.79 Å². The molecule has 3 nitrogen and oxygen atoms in total. The van der Waals surface area contributed by atoms with Crippen molar-refractivity contribution >= 4 is 5.97 Å². The zero-order valence-electron chi connectivity index (χ0n) is 22.7. The minimum Gasteiger partial charge on any atom is -0.462 e. The molecule has 0 radical (unpaired) electrons. The van der Waals surface area contributed by atoms with Gasteiger partial charge in [0, 0.05) is 41.8 Å². The monoisotopic (exact) mass is 532 g/mol. The molecule has 0 saturated heterocycles. The van der Waals surface area contributed by atoms with Crippen LogP contribution in [0.15, 0.2) is 158 Å². The first-order chi connectivity index (χ1) is 20.3. The number of aromatic nitrogens is 1. The van der Waals surface area contributed by atoms with E-state index < -0.39 is 0 Å². The van der Waals surface area contributed by atoms with E-state index in [4.69, 9.17) is 4.74 Å². The normalized spacial score (nSPS) is 10.7. The Kier molecular flexibility index (Phi) is 7.77. The van der Waals surface area contributed by atoms with Gasteiger partial charge in [0.1, 0.15) is 0 Å². The highest BCUT2D eigenvalue weighted by atomic mass is 16.5. The van der Waals surface area contributed by atoms with Gasteiger partial charge in [-0.05, 0) is 53.1 Å². The maximum Gasteiger partial charge on any atom is 0.338 e. The van der Waals surface area contributed by atoms with Crippen LogP contribution in [0.2, 0.25) is 0 Å². The lowest BCUT2D eigenvalue weighted by molar-refractivity contribution is -0.572. The first kappa shape index (κ1) is 26.0. The van der Waals surface area contributed by atoms with Gasteiger partial charge < -0.3 is 4.74 Å². The molecule has 6 rings (SSSR count). The summed E-state index contributed by atoms with van der Waals surface area (Å²) in [6, 6.07) is 53.5. The first-order valence-electron chi connectivity index (χ1n) is 13.8. The summed E-state index contributed by atoms with van der Waals surface area (Å²) in [5.74, 6) is -0.316. The summed E-state index contributed by atoms with van der Waals surface area (Å²) in [5.41, 5.74) is 9.26. The predicted octanol–water partition coefficient (Wildman–Crippen LogP) is 8.36. The van der Waals surface area contributed by atoms with Crippen LogP contribution in [0.1, 0.15) is 15.9 Å². The summed E-state index contributed by atoms with van der Waals surface area (Å²) >= 11 is 0. The molecule has 0 N–H and O–H groups in total. The van der Waals surface area contributed by atoms with Crippen molar-refractivity contribution in [2.45, 2.75) is 6.42 Å². The van der Waals surface area contributed by atoms with Crippen LogP contribution in [0, 0.1) is 0 Å². The predicted molar refractivity (Wildman–Crippen MR) is 165 cm³/mol. The topological polar surface area (TPSA) is 30.2 Å². The van der Waals surface area contributed by atoms with E-state index in [-0.39, 0.29) is 5.97 Å². The third kappa shape index (κ3) is 6.00. The van der Waals surface area contributed by atoms with Gasteiger partial charge in [0.2, 0.25) is 17.1 Å². The summed E-state index contributed by atoms with van der Waals surface area (Å²) in [7, 11) is 0. The SMILES string of the molecule is O=C(OCCc1ccccc1)c1ccc(-[n+]2c(-c3ccccc3)cc(-c3ccccc3)cc2-c2ccccc2)cc1. The summed E-state index contributed by atoms with van der Waals surface area (Å²) in [6.45, 7) is 0.344. The second-order valence-corrected chi connectivity index (χ2v) is 9.87. The third-order valence-corrected chi connectivity index (χ3v) is 7.14. The van der Waals surface area contributed by atoms with Crippen molar-refractivity contribution in [1.29, 1.82) is 0 Å². The number of pyridine rings is 1. The largest absolute Gasteiger partial charge is 0.462 e. The van der Waals surface area contributed by atoms with Crippen molar-refractivity contribution in [3.8, 4) is 39.3 Å². The Bertz CT molecular complexity index is 1670. The molecule has 0 aliphatic carbocycles. The highest BCUT2D eigenvalue weighted by Gasteiger charge is 2.25. The molecule has 6 aromatic rings. The molecule has 0 unspecified atom stereocenters. The van der Waals surface area contributed by atoms with Crippen LogP contribution in [-0.2, 0) is 11.2 Å². The van der Waals surface area contributed by atoms with Crippen LogP contribution in [0.4, 0.5) is 0 Å². The van der Waals surface area contributed by atoms with Crippen molar-refractivity contribution in [3.05, 3.63) is 169 Å². The lowest BCUT2D eigenvalue weighted by Crippen LogP contribution is -2.36. The van der Waals surface area contributed by atoms with Gasteiger partial charge >= 0.3 is 5.97 Å². The Balaban J connectivity index is 1.40. The number of rotatable bonds is 8. The van der Waals surface area contributed by atoms with Gasteiger partial charge in [-0.2, -0.15) is 4.57 Å². The number of carbonyl (C=O) groups excluding carboxylic acids is 1. The number of benzene rings is 5. The number of carbonyl (C=O) groups is 1. The van der Waals surface area contributed by atoms with Crippen LogP contribution >= 0.6 is 0 Å². The second-order valence-electron chi connectivity index (χ2n) is 9.87. The molecule has 1 heterocycles. The van der Waals surface area contributed by atoms with Crippen LogP contribution < -0.4 is 4.57 Å². The van der Waals surface area contributed by atoms with Crippen LogP contribution in [-0.4, -0.2) is 12.6 Å². The fourth-order valence-electron chi connectivity index (χ4n) is 5.05. The zero-order chi connectivity index (χ0) is 27.9. The van der Waals surface area contributed by atoms with E-state index in [0.717, 1.165) is 44.9 Å². The van der Waals surface area contributed by atoms with E-state index in [1.165, 1.54) is 0 Å². The Morgan fingerprint density at radius 1 is 0.512 bits per heavy atom. The molecule has 41 heavy (non-hydrogen) atoms. The molecule has 198 valence electrons. The van der Waals surface area contributed by atoms with Gasteiger partial charge in [0.05, 0.1) is 12.2 Å². The fourth-order valence-corrected chi connectivity index (χ4v) is 5.05. The highest BCUT2D eigenvalue weighted by molar-refractivity contribution is 5.89. The average molecular weight is 533 g/mol. The number of ether oxygens (including phenoxy) is 1. The molecule has 3 heteroatoms.